The highest BCUT2D eigenvalue weighted by Gasteiger charge is 2.07. The minimum absolute atomic E-state index is 0.254. The van der Waals surface area contributed by atoms with Crippen LogP contribution in [0, 0.1) is 0 Å². The van der Waals surface area contributed by atoms with Crippen molar-refractivity contribution in [3.05, 3.63) is 11.1 Å². The largest absolute Gasteiger partial charge is 0.477 e. The molecule has 90 valence electrons. The molecule has 16 heavy (non-hydrogen) atoms. The van der Waals surface area contributed by atoms with Crippen molar-refractivity contribution in [1.82, 2.24) is 4.98 Å². The number of hydrogen-bond acceptors (Lipinski definition) is 5. The van der Waals surface area contributed by atoms with Crippen LogP contribution >= 0.6 is 11.3 Å². The molecule has 0 saturated carbocycles. The van der Waals surface area contributed by atoms with Gasteiger partial charge in [-0.25, -0.2) is 9.78 Å². The van der Waals surface area contributed by atoms with Crippen molar-refractivity contribution in [3.63, 3.8) is 0 Å². The number of anilines is 1. The Morgan fingerprint density at radius 1 is 1.62 bits per heavy atom. The highest BCUT2D eigenvalue weighted by molar-refractivity contribution is 7.17. The number of aromatic carboxylic acids is 1. The molecule has 0 atom stereocenters. The number of thiazole rings is 1. The lowest BCUT2D eigenvalue weighted by Gasteiger charge is -2.03. The fourth-order valence-corrected chi connectivity index (χ4v) is 1.75. The first-order chi connectivity index (χ1) is 7.74. The summed E-state index contributed by atoms with van der Waals surface area (Å²) in [5.41, 5.74) is 0. The fraction of sp³-hybridized carbons (Fsp3) is 0.600. The van der Waals surface area contributed by atoms with E-state index in [0.29, 0.717) is 5.13 Å². The lowest BCUT2D eigenvalue weighted by Crippen LogP contribution is -2.05. The average molecular weight is 244 g/mol. The SMILES string of the molecule is CCCOCCCNc1ncc(C(=O)O)s1. The summed E-state index contributed by atoms with van der Waals surface area (Å²) < 4.78 is 5.31. The predicted octanol–water partition coefficient (Wildman–Crippen LogP) is 2.07. The van der Waals surface area contributed by atoms with Crippen molar-refractivity contribution in [3.8, 4) is 0 Å². The molecule has 2 N–H and O–H groups in total. The number of nitrogens with one attached hydrogen (secondary N) is 1. The third kappa shape index (κ3) is 4.59. The summed E-state index contributed by atoms with van der Waals surface area (Å²) >= 11 is 1.15. The zero-order chi connectivity index (χ0) is 11.8. The van der Waals surface area contributed by atoms with Crippen LogP contribution in [-0.2, 0) is 4.74 Å². The Bertz CT molecular complexity index is 328. The molecule has 0 aromatic carbocycles. The zero-order valence-corrected chi connectivity index (χ0v) is 10.0. The summed E-state index contributed by atoms with van der Waals surface area (Å²) in [5.74, 6) is -0.933. The summed E-state index contributed by atoms with van der Waals surface area (Å²) in [4.78, 5) is 14.8. The maximum absolute atomic E-state index is 10.6. The third-order valence-corrected chi connectivity index (χ3v) is 2.75. The highest BCUT2D eigenvalue weighted by atomic mass is 32.1. The van der Waals surface area contributed by atoms with Crippen molar-refractivity contribution < 1.29 is 14.6 Å². The predicted molar refractivity (Wildman–Crippen MR) is 63.3 cm³/mol. The number of ether oxygens (including phenoxy) is 1. The van der Waals surface area contributed by atoms with Gasteiger partial charge in [0.2, 0.25) is 0 Å². The van der Waals surface area contributed by atoms with Gasteiger partial charge in [0.05, 0.1) is 6.20 Å². The maximum atomic E-state index is 10.6. The Morgan fingerprint density at radius 3 is 3.06 bits per heavy atom. The molecule has 0 fully saturated rings. The molecular formula is C10H16N2O3S. The van der Waals surface area contributed by atoms with E-state index in [1.54, 1.807) is 0 Å². The molecule has 1 rings (SSSR count). The second-order valence-electron chi connectivity index (χ2n) is 3.23. The molecule has 0 spiro atoms. The van der Waals surface area contributed by atoms with Crippen LogP contribution in [0.4, 0.5) is 5.13 Å². The standard InChI is InChI=1S/C10H16N2O3S/c1-2-5-15-6-3-4-11-10-12-7-8(16-10)9(13)14/h7H,2-6H2,1H3,(H,11,12)(H,13,14). The first-order valence-electron chi connectivity index (χ1n) is 5.24. The molecule has 0 unspecified atom stereocenters. The lowest BCUT2D eigenvalue weighted by molar-refractivity contribution is 0.0702. The van der Waals surface area contributed by atoms with Gasteiger partial charge in [-0.2, -0.15) is 0 Å². The van der Waals surface area contributed by atoms with Crippen molar-refractivity contribution in [2.24, 2.45) is 0 Å². The van der Waals surface area contributed by atoms with Crippen molar-refractivity contribution in [2.75, 3.05) is 25.1 Å². The quantitative estimate of drug-likeness (QED) is 0.685. The van der Waals surface area contributed by atoms with E-state index in [0.717, 1.165) is 43.9 Å². The summed E-state index contributed by atoms with van der Waals surface area (Å²) in [7, 11) is 0. The average Bonchev–Trinajstić information content (AvgIpc) is 2.72. The summed E-state index contributed by atoms with van der Waals surface area (Å²) in [6, 6.07) is 0. The molecule has 0 aliphatic carbocycles. The highest BCUT2D eigenvalue weighted by Crippen LogP contribution is 2.17. The van der Waals surface area contributed by atoms with Gasteiger partial charge >= 0.3 is 5.97 Å². The van der Waals surface area contributed by atoms with Gasteiger partial charge in [-0.05, 0) is 12.8 Å². The Balaban J connectivity index is 2.14. The number of hydrogen-bond donors (Lipinski definition) is 2. The van der Waals surface area contributed by atoms with E-state index >= 15 is 0 Å². The molecule has 0 aliphatic rings. The Hall–Kier alpha value is -1.14. The van der Waals surface area contributed by atoms with E-state index in [1.165, 1.54) is 6.20 Å². The normalized spacial score (nSPS) is 10.3. The summed E-state index contributed by atoms with van der Waals surface area (Å²) in [6.07, 6.45) is 3.28. The van der Waals surface area contributed by atoms with Crippen molar-refractivity contribution in [2.45, 2.75) is 19.8 Å². The second-order valence-corrected chi connectivity index (χ2v) is 4.26. The molecule has 5 nitrogen and oxygen atoms in total. The number of carboxylic acids is 1. The van der Waals surface area contributed by atoms with Gasteiger partial charge in [-0.3, -0.25) is 0 Å². The number of carboxylic acid groups (broad SMARTS) is 1. The van der Waals surface area contributed by atoms with Crippen LogP contribution in [0.1, 0.15) is 29.4 Å². The Kier molecular flexibility index (Phi) is 5.81. The Morgan fingerprint density at radius 2 is 2.44 bits per heavy atom. The summed E-state index contributed by atoms with van der Waals surface area (Å²) in [6.45, 7) is 4.33. The van der Waals surface area contributed by atoms with E-state index in [4.69, 9.17) is 9.84 Å². The molecule has 0 saturated heterocycles. The van der Waals surface area contributed by atoms with Crippen LogP contribution in [0.25, 0.3) is 0 Å². The number of carbonyl (C=O) groups is 1. The molecule has 1 heterocycles. The van der Waals surface area contributed by atoms with Gasteiger partial charge in [0, 0.05) is 19.8 Å². The maximum Gasteiger partial charge on any atom is 0.347 e. The fourth-order valence-electron chi connectivity index (χ4n) is 1.07. The minimum atomic E-state index is -0.933. The summed E-state index contributed by atoms with van der Waals surface area (Å²) in [5, 5.41) is 12.4. The third-order valence-electron chi connectivity index (χ3n) is 1.81. The topological polar surface area (TPSA) is 71.5 Å². The van der Waals surface area contributed by atoms with Crippen molar-refractivity contribution >= 4 is 22.4 Å². The lowest BCUT2D eigenvalue weighted by atomic mass is 10.4. The van der Waals surface area contributed by atoms with E-state index in [1.807, 2.05) is 0 Å². The second kappa shape index (κ2) is 7.19. The Labute approximate surface area is 98.5 Å². The first kappa shape index (κ1) is 12.9. The molecule has 1 aromatic rings. The molecule has 0 radical (unpaired) electrons. The van der Waals surface area contributed by atoms with Crippen LogP contribution in [0.5, 0.6) is 0 Å². The van der Waals surface area contributed by atoms with Crippen LogP contribution < -0.4 is 5.32 Å². The molecular weight excluding hydrogens is 228 g/mol. The molecule has 6 heteroatoms. The molecule has 0 bridgehead atoms. The monoisotopic (exact) mass is 244 g/mol. The number of nitrogens with zero attached hydrogens (tertiary/aromatic N) is 1. The van der Waals surface area contributed by atoms with Crippen LogP contribution in [0.3, 0.4) is 0 Å². The van der Waals surface area contributed by atoms with E-state index in [-0.39, 0.29) is 4.88 Å². The minimum Gasteiger partial charge on any atom is -0.477 e. The molecule has 1 aromatic heterocycles. The van der Waals surface area contributed by atoms with Crippen molar-refractivity contribution in [1.29, 1.82) is 0 Å². The van der Waals surface area contributed by atoms with Gasteiger partial charge in [0.1, 0.15) is 4.88 Å². The molecule has 0 aliphatic heterocycles. The van der Waals surface area contributed by atoms with Crippen LogP contribution in [-0.4, -0.2) is 35.8 Å². The first-order valence-corrected chi connectivity index (χ1v) is 6.06. The molecule has 0 amide bonds. The van der Waals surface area contributed by atoms with E-state index in [9.17, 15) is 4.79 Å². The zero-order valence-electron chi connectivity index (χ0n) is 9.23. The number of aromatic nitrogens is 1. The van der Waals surface area contributed by atoms with Crippen LogP contribution in [0.2, 0.25) is 0 Å². The van der Waals surface area contributed by atoms with Gasteiger partial charge in [0.25, 0.3) is 0 Å². The van der Waals surface area contributed by atoms with E-state index < -0.39 is 5.97 Å². The van der Waals surface area contributed by atoms with Gasteiger partial charge < -0.3 is 15.2 Å². The van der Waals surface area contributed by atoms with Gasteiger partial charge in [0.15, 0.2) is 5.13 Å². The van der Waals surface area contributed by atoms with Gasteiger partial charge in [-0.1, -0.05) is 18.3 Å². The van der Waals surface area contributed by atoms with Gasteiger partial charge in [-0.15, -0.1) is 0 Å². The van der Waals surface area contributed by atoms with Crippen LogP contribution in [0.15, 0.2) is 6.20 Å². The number of rotatable bonds is 8. The van der Waals surface area contributed by atoms with E-state index in [2.05, 4.69) is 17.2 Å². The smallest absolute Gasteiger partial charge is 0.347 e.